The lowest BCUT2D eigenvalue weighted by Crippen LogP contribution is -2.49. The molecule has 5 nitrogen and oxygen atoms in total. The van der Waals surface area contributed by atoms with Gasteiger partial charge in [-0.15, -0.1) is 0 Å². The Morgan fingerprint density at radius 3 is 2.12 bits per heavy atom. The van der Waals surface area contributed by atoms with Crippen LogP contribution in [0.25, 0.3) is 0 Å². The first kappa shape index (κ1) is 15.9. The molecular weight excluding hydrogens is 220 g/mol. The largest absolute Gasteiger partial charge is 0.480 e. The van der Waals surface area contributed by atoms with E-state index in [-0.39, 0.29) is 5.91 Å². The fraction of sp³-hybridized carbons (Fsp3) is 0.833. The number of amides is 1. The summed E-state index contributed by atoms with van der Waals surface area (Å²) < 4.78 is 0. The van der Waals surface area contributed by atoms with Gasteiger partial charge in [0.2, 0.25) is 5.91 Å². The Morgan fingerprint density at radius 1 is 1.18 bits per heavy atom. The first-order chi connectivity index (χ1) is 7.77. The third-order valence-corrected chi connectivity index (χ3v) is 2.98. The standard InChI is InChI=1S/C12H24N2O3/c1-8(2)6-7-13-11(15)9(3)14(5)10(4)12(16)17/h8-10H,6-7H2,1-5H3,(H,13,15)(H,16,17). The lowest BCUT2D eigenvalue weighted by Gasteiger charge is -2.27. The molecule has 0 rings (SSSR count). The molecule has 0 aromatic rings. The van der Waals surface area contributed by atoms with Crippen LogP contribution in [0.5, 0.6) is 0 Å². The van der Waals surface area contributed by atoms with E-state index >= 15 is 0 Å². The molecule has 0 fully saturated rings. The van der Waals surface area contributed by atoms with Gasteiger partial charge >= 0.3 is 5.97 Å². The Balaban J connectivity index is 4.16. The summed E-state index contributed by atoms with van der Waals surface area (Å²) in [5, 5.41) is 11.7. The van der Waals surface area contributed by atoms with Crippen molar-refractivity contribution in [2.75, 3.05) is 13.6 Å². The lowest BCUT2D eigenvalue weighted by atomic mass is 10.1. The zero-order valence-electron chi connectivity index (χ0n) is 11.4. The minimum absolute atomic E-state index is 0.124. The second kappa shape index (κ2) is 7.27. The number of carbonyl (C=O) groups excluding carboxylic acids is 1. The summed E-state index contributed by atoms with van der Waals surface area (Å²) >= 11 is 0. The molecule has 2 atom stereocenters. The number of likely N-dealkylation sites (N-methyl/N-ethyl adjacent to an activating group) is 1. The normalized spacial score (nSPS) is 14.8. The molecule has 17 heavy (non-hydrogen) atoms. The highest BCUT2D eigenvalue weighted by Crippen LogP contribution is 2.03. The third kappa shape index (κ3) is 5.68. The van der Waals surface area contributed by atoms with Crippen molar-refractivity contribution in [1.29, 1.82) is 0 Å². The minimum Gasteiger partial charge on any atom is -0.480 e. The number of nitrogens with one attached hydrogen (secondary N) is 1. The summed E-state index contributed by atoms with van der Waals surface area (Å²) in [6.07, 6.45) is 0.927. The number of nitrogens with zero attached hydrogens (tertiary/aromatic N) is 1. The van der Waals surface area contributed by atoms with Gasteiger partial charge in [0, 0.05) is 6.54 Å². The van der Waals surface area contributed by atoms with Crippen molar-refractivity contribution in [3.63, 3.8) is 0 Å². The molecule has 0 saturated heterocycles. The Bertz CT molecular complexity index is 266. The summed E-state index contributed by atoms with van der Waals surface area (Å²) in [5.74, 6) is -0.503. The summed E-state index contributed by atoms with van der Waals surface area (Å²) in [6.45, 7) is 8.10. The quantitative estimate of drug-likeness (QED) is 0.699. The molecule has 0 aliphatic carbocycles. The average Bonchev–Trinajstić information content (AvgIpc) is 2.25. The van der Waals surface area contributed by atoms with Crippen molar-refractivity contribution in [3.05, 3.63) is 0 Å². The van der Waals surface area contributed by atoms with Crippen molar-refractivity contribution >= 4 is 11.9 Å². The van der Waals surface area contributed by atoms with Crippen LogP contribution in [0.15, 0.2) is 0 Å². The van der Waals surface area contributed by atoms with E-state index in [0.717, 1.165) is 6.42 Å². The second-order valence-electron chi connectivity index (χ2n) is 4.83. The van der Waals surface area contributed by atoms with Crippen molar-refractivity contribution in [2.24, 2.45) is 5.92 Å². The first-order valence-electron chi connectivity index (χ1n) is 5.99. The predicted molar refractivity (Wildman–Crippen MR) is 66.8 cm³/mol. The molecule has 0 aromatic carbocycles. The van der Waals surface area contributed by atoms with Crippen LogP contribution in [-0.2, 0) is 9.59 Å². The fourth-order valence-electron chi connectivity index (χ4n) is 1.33. The van der Waals surface area contributed by atoms with E-state index in [1.54, 1.807) is 25.8 Å². The van der Waals surface area contributed by atoms with Crippen molar-refractivity contribution < 1.29 is 14.7 Å². The number of carbonyl (C=O) groups is 2. The molecular formula is C12H24N2O3. The minimum atomic E-state index is -0.922. The Hall–Kier alpha value is -1.10. The van der Waals surface area contributed by atoms with E-state index in [1.165, 1.54) is 0 Å². The number of aliphatic carboxylic acids is 1. The van der Waals surface area contributed by atoms with Gasteiger partial charge < -0.3 is 10.4 Å². The fourth-order valence-corrected chi connectivity index (χ4v) is 1.33. The number of hydrogen-bond acceptors (Lipinski definition) is 3. The zero-order valence-corrected chi connectivity index (χ0v) is 11.4. The van der Waals surface area contributed by atoms with Gasteiger partial charge in [0.15, 0.2) is 0 Å². The Kier molecular flexibility index (Phi) is 6.80. The highest BCUT2D eigenvalue weighted by atomic mass is 16.4. The second-order valence-corrected chi connectivity index (χ2v) is 4.83. The molecule has 0 aliphatic heterocycles. The van der Waals surface area contributed by atoms with Gasteiger partial charge in [0.1, 0.15) is 6.04 Å². The van der Waals surface area contributed by atoms with Crippen molar-refractivity contribution in [1.82, 2.24) is 10.2 Å². The predicted octanol–water partition coefficient (Wildman–Crippen LogP) is 0.942. The van der Waals surface area contributed by atoms with Gasteiger partial charge in [0.05, 0.1) is 6.04 Å². The first-order valence-corrected chi connectivity index (χ1v) is 5.99. The van der Waals surface area contributed by atoms with E-state index in [9.17, 15) is 9.59 Å². The smallest absolute Gasteiger partial charge is 0.320 e. The summed E-state index contributed by atoms with van der Waals surface area (Å²) in [5.41, 5.74) is 0. The van der Waals surface area contributed by atoms with Gasteiger partial charge in [-0.3, -0.25) is 14.5 Å². The van der Waals surface area contributed by atoms with Crippen LogP contribution in [0.2, 0.25) is 0 Å². The van der Waals surface area contributed by atoms with E-state index < -0.39 is 18.1 Å². The lowest BCUT2D eigenvalue weighted by molar-refractivity contribution is -0.143. The molecule has 0 radical (unpaired) electrons. The van der Waals surface area contributed by atoms with Crippen LogP contribution in [-0.4, -0.2) is 47.6 Å². The summed E-state index contributed by atoms with van der Waals surface area (Å²) in [7, 11) is 1.64. The molecule has 0 spiro atoms. The average molecular weight is 244 g/mol. The van der Waals surface area contributed by atoms with Crippen LogP contribution in [0.3, 0.4) is 0 Å². The third-order valence-electron chi connectivity index (χ3n) is 2.98. The maximum atomic E-state index is 11.7. The van der Waals surface area contributed by atoms with E-state index in [2.05, 4.69) is 19.2 Å². The number of carboxylic acid groups (broad SMARTS) is 1. The molecule has 5 heteroatoms. The van der Waals surface area contributed by atoms with E-state index in [1.807, 2.05) is 0 Å². The maximum Gasteiger partial charge on any atom is 0.320 e. The summed E-state index contributed by atoms with van der Waals surface area (Å²) in [6, 6.07) is -1.10. The van der Waals surface area contributed by atoms with Crippen LogP contribution in [0, 0.1) is 5.92 Å². The highest BCUT2D eigenvalue weighted by Gasteiger charge is 2.25. The van der Waals surface area contributed by atoms with Gasteiger partial charge in [-0.05, 0) is 33.2 Å². The molecule has 1 amide bonds. The van der Waals surface area contributed by atoms with Gasteiger partial charge in [-0.25, -0.2) is 0 Å². The molecule has 100 valence electrons. The zero-order chi connectivity index (χ0) is 13.6. The topological polar surface area (TPSA) is 69.6 Å². The highest BCUT2D eigenvalue weighted by molar-refractivity contribution is 5.82. The molecule has 0 saturated carbocycles. The number of rotatable bonds is 7. The number of hydrogen-bond donors (Lipinski definition) is 2. The van der Waals surface area contributed by atoms with Crippen LogP contribution in [0.4, 0.5) is 0 Å². The van der Waals surface area contributed by atoms with Crippen molar-refractivity contribution in [2.45, 2.75) is 46.2 Å². The molecule has 0 aromatic heterocycles. The maximum absolute atomic E-state index is 11.7. The van der Waals surface area contributed by atoms with E-state index in [4.69, 9.17) is 5.11 Å². The van der Waals surface area contributed by atoms with Gasteiger partial charge in [-0.1, -0.05) is 13.8 Å². The molecule has 0 aliphatic rings. The van der Waals surface area contributed by atoms with Gasteiger partial charge in [-0.2, -0.15) is 0 Å². The Morgan fingerprint density at radius 2 is 1.71 bits per heavy atom. The molecule has 0 heterocycles. The van der Waals surface area contributed by atoms with E-state index in [0.29, 0.717) is 12.5 Å². The molecule has 0 bridgehead atoms. The monoisotopic (exact) mass is 244 g/mol. The van der Waals surface area contributed by atoms with Crippen LogP contribution < -0.4 is 5.32 Å². The van der Waals surface area contributed by atoms with Crippen LogP contribution >= 0.6 is 0 Å². The van der Waals surface area contributed by atoms with Crippen molar-refractivity contribution in [3.8, 4) is 0 Å². The molecule has 2 unspecified atom stereocenters. The number of carboxylic acids is 1. The van der Waals surface area contributed by atoms with Gasteiger partial charge in [0.25, 0.3) is 0 Å². The Labute approximate surface area is 103 Å². The van der Waals surface area contributed by atoms with Crippen LogP contribution in [0.1, 0.15) is 34.1 Å². The molecule has 2 N–H and O–H groups in total. The summed E-state index contributed by atoms with van der Waals surface area (Å²) in [4.78, 5) is 24.1. The SMILES string of the molecule is CC(C)CCNC(=O)C(C)N(C)C(C)C(=O)O.